The molecule has 4 aromatic carbocycles. The van der Waals surface area contributed by atoms with Crippen LogP contribution in [0, 0.1) is 11.8 Å². The number of hydrogen-bond donors (Lipinski definition) is 0. The van der Waals surface area contributed by atoms with Crippen LogP contribution in [0.5, 0.6) is 17.2 Å². The third kappa shape index (κ3) is 9.73. The number of carbonyl (C=O) groups is 3. The van der Waals surface area contributed by atoms with Crippen LogP contribution in [0.3, 0.4) is 0 Å². The van der Waals surface area contributed by atoms with E-state index in [2.05, 4.69) is 12.1 Å². The van der Waals surface area contributed by atoms with Gasteiger partial charge in [-0.25, -0.2) is 0 Å². The Balaban J connectivity index is 0.000000158. The first kappa shape index (κ1) is 40.1. The average Bonchev–Trinajstić information content (AvgIpc) is 3.87. The SMILES string of the molecule is CN(C(=O)c1ccc2ccccc2c1)C1CCCCC1.COc1ccc(C(=O)N(C)C)cc1OC.COc1ccc(C(=O)N(C)C2CC3CCC2C3)cc1. The van der Waals surface area contributed by atoms with Crippen molar-refractivity contribution in [3.05, 3.63) is 102 Å². The number of carbonyl (C=O) groups excluding carboxylic acids is 3. The van der Waals surface area contributed by atoms with E-state index in [9.17, 15) is 14.4 Å². The summed E-state index contributed by atoms with van der Waals surface area (Å²) in [6.45, 7) is 0. The average molecular weight is 736 g/mol. The third-order valence-corrected chi connectivity index (χ3v) is 11.3. The van der Waals surface area contributed by atoms with Gasteiger partial charge in [-0.05, 0) is 109 Å². The van der Waals surface area contributed by atoms with Crippen molar-refractivity contribution in [3.8, 4) is 17.2 Å². The standard InChI is InChI=1S/C18H21NO.C16H21NO2.C11H15NO3/c1-19(17-9-3-2-4-10-17)18(20)16-12-11-14-7-5-6-8-15(14)13-16;1-17(15-10-11-3-4-13(15)9-11)16(18)12-5-7-14(19-2)8-6-12;1-12(2)11(13)8-5-6-9(14-3)10(7-8)15-4/h5-8,11-13,17H,2-4,9-10H2,1H3;5-8,11,13,15H,3-4,9-10H2,1-2H3;5-7H,1-4H3. The summed E-state index contributed by atoms with van der Waals surface area (Å²) in [6.07, 6.45) is 11.3. The van der Waals surface area contributed by atoms with Crippen LogP contribution in [0.15, 0.2) is 84.9 Å². The molecule has 9 heteroatoms. The minimum atomic E-state index is -0.0593. The van der Waals surface area contributed by atoms with Crippen molar-refractivity contribution in [2.45, 2.75) is 69.9 Å². The summed E-state index contributed by atoms with van der Waals surface area (Å²) in [5.74, 6) is 3.80. The molecule has 7 rings (SSSR count). The molecule has 4 aromatic rings. The monoisotopic (exact) mass is 735 g/mol. The van der Waals surface area contributed by atoms with Gasteiger partial charge in [0.1, 0.15) is 5.75 Å². The Morgan fingerprint density at radius 2 is 1.17 bits per heavy atom. The molecule has 288 valence electrons. The zero-order valence-corrected chi connectivity index (χ0v) is 33.0. The fourth-order valence-electron chi connectivity index (χ4n) is 8.16. The van der Waals surface area contributed by atoms with Crippen LogP contribution in [0.2, 0.25) is 0 Å². The molecule has 3 aliphatic rings. The van der Waals surface area contributed by atoms with Crippen LogP contribution in [0.4, 0.5) is 0 Å². The summed E-state index contributed by atoms with van der Waals surface area (Å²) in [6, 6.07) is 27.6. The van der Waals surface area contributed by atoms with Crippen molar-refractivity contribution in [2.75, 3.05) is 49.5 Å². The number of fused-ring (bicyclic) bond motifs is 3. The van der Waals surface area contributed by atoms with Crippen LogP contribution in [0.25, 0.3) is 10.8 Å². The summed E-state index contributed by atoms with van der Waals surface area (Å²) in [5, 5.41) is 2.32. The van der Waals surface area contributed by atoms with E-state index in [1.165, 1.54) is 55.2 Å². The van der Waals surface area contributed by atoms with Crippen LogP contribution in [0.1, 0.15) is 88.9 Å². The molecule has 3 amide bonds. The molecule has 0 aliphatic heterocycles. The summed E-state index contributed by atoms with van der Waals surface area (Å²) >= 11 is 0. The second-order valence-electron chi connectivity index (χ2n) is 14.9. The minimum absolute atomic E-state index is 0.0593. The smallest absolute Gasteiger partial charge is 0.253 e. The van der Waals surface area contributed by atoms with E-state index in [0.29, 0.717) is 29.1 Å². The fraction of sp³-hybridized carbons (Fsp3) is 0.444. The maximum atomic E-state index is 12.6. The van der Waals surface area contributed by atoms with Gasteiger partial charge in [0.15, 0.2) is 11.5 Å². The van der Waals surface area contributed by atoms with Crippen LogP contribution < -0.4 is 14.2 Å². The van der Waals surface area contributed by atoms with E-state index < -0.39 is 0 Å². The number of nitrogens with zero attached hydrogens (tertiary/aromatic N) is 3. The van der Waals surface area contributed by atoms with E-state index in [1.54, 1.807) is 53.6 Å². The van der Waals surface area contributed by atoms with Gasteiger partial charge in [-0.2, -0.15) is 0 Å². The molecule has 9 nitrogen and oxygen atoms in total. The molecule has 54 heavy (non-hydrogen) atoms. The lowest BCUT2D eigenvalue weighted by Crippen LogP contribution is -2.40. The normalized spacial score (nSPS) is 18.7. The molecule has 0 radical (unpaired) electrons. The van der Waals surface area contributed by atoms with Gasteiger partial charge in [-0.3, -0.25) is 14.4 Å². The quantitative estimate of drug-likeness (QED) is 0.180. The molecule has 3 unspecified atom stereocenters. The summed E-state index contributed by atoms with van der Waals surface area (Å²) < 4.78 is 15.3. The largest absolute Gasteiger partial charge is 0.497 e. The second kappa shape index (κ2) is 18.8. The van der Waals surface area contributed by atoms with Crippen molar-refractivity contribution in [2.24, 2.45) is 11.8 Å². The van der Waals surface area contributed by atoms with Crippen LogP contribution in [-0.4, -0.2) is 94.0 Å². The Bertz CT molecular complexity index is 1870. The highest BCUT2D eigenvalue weighted by molar-refractivity contribution is 5.98. The highest BCUT2D eigenvalue weighted by Crippen LogP contribution is 2.46. The molecule has 3 aliphatic carbocycles. The Kier molecular flexibility index (Phi) is 14.0. The van der Waals surface area contributed by atoms with Gasteiger partial charge >= 0.3 is 0 Å². The summed E-state index contributed by atoms with van der Waals surface area (Å²) in [5.41, 5.74) is 2.14. The van der Waals surface area contributed by atoms with Crippen molar-refractivity contribution in [1.82, 2.24) is 14.7 Å². The van der Waals surface area contributed by atoms with Gasteiger partial charge in [-0.15, -0.1) is 0 Å². The molecule has 0 spiro atoms. The lowest BCUT2D eigenvalue weighted by atomic mass is 9.94. The number of benzene rings is 4. The number of hydrogen-bond acceptors (Lipinski definition) is 6. The Labute approximate surface area is 321 Å². The molecule has 0 heterocycles. The lowest BCUT2D eigenvalue weighted by Gasteiger charge is -2.31. The van der Waals surface area contributed by atoms with Crippen molar-refractivity contribution in [3.63, 3.8) is 0 Å². The van der Waals surface area contributed by atoms with E-state index in [1.807, 2.05) is 78.5 Å². The van der Waals surface area contributed by atoms with Gasteiger partial charge in [0.25, 0.3) is 17.7 Å². The fourth-order valence-corrected chi connectivity index (χ4v) is 8.16. The lowest BCUT2D eigenvalue weighted by molar-refractivity contribution is 0.0674. The molecule has 3 fully saturated rings. The number of ether oxygens (including phenoxy) is 3. The molecule has 0 aromatic heterocycles. The van der Waals surface area contributed by atoms with E-state index >= 15 is 0 Å². The Morgan fingerprint density at radius 3 is 1.76 bits per heavy atom. The first-order chi connectivity index (χ1) is 26.0. The first-order valence-corrected chi connectivity index (χ1v) is 19.1. The van der Waals surface area contributed by atoms with Gasteiger partial charge in [0.2, 0.25) is 0 Å². The van der Waals surface area contributed by atoms with Crippen LogP contribution >= 0.6 is 0 Å². The molecule has 0 N–H and O–H groups in total. The van der Waals surface area contributed by atoms with E-state index in [-0.39, 0.29) is 17.7 Å². The van der Waals surface area contributed by atoms with Crippen molar-refractivity contribution in [1.29, 1.82) is 0 Å². The number of amides is 3. The zero-order chi connectivity index (χ0) is 38.8. The molecular formula is C45H57N3O6. The highest BCUT2D eigenvalue weighted by atomic mass is 16.5. The molecule has 3 saturated carbocycles. The van der Waals surface area contributed by atoms with Gasteiger partial charge in [0.05, 0.1) is 21.3 Å². The maximum absolute atomic E-state index is 12.6. The topological polar surface area (TPSA) is 88.6 Å². The first-order valence-electron chi connectivity index (χ1n) is 19.1. The molecule has 3 atom stereocenters. The second-order valence-corrected chi connectivity index (χ2v) is 14.9. The molecule has 0 saturated heterocycles. The summed E-state index contributed by atoms with van der Waals surface area (Å²) in [4.78, 5) is 42.2. The predicted octanol–water partition coefficient (Wildman–Crippen LogP) is 8.61. The van der Waals surface area contributed by atoms with Crippen molar-refractivity contribution >= 4 is 28.5 Å². The van der Waals surface area contributed by atoms with Crippen molar-refractivity contribution < 1.29 is 28.6 Å². The molecule has 2 bridgehead atoms. The number of rotatable bonds is 8. The van der Waals surface area contributed by atoms with E-state index in [0.717, 1.165) is 46.9 Å². The maximum Gasteiger partial charge on any atom is 0.253 e. The zero-order valence-electron chi connectivity index (χ0n) is 33.0. The van der Waals surface area contributed by atoms with Crippen LogP contribution in [-0.2, 0) is 0 Å². The highest BCUT2D eigenvalue weighted by Gasteiger charge is 2.42. The van der Waals surface area contributed by atoms with E-state index in [4.69, 9.17) is 14.2 Å². The van der Waals surface area contributed by atoms with Gasteiger partial charge in [0, 0.05) is 57.0 Å². The summed E-state index contributed by atoms with van der Waals surface area (Å²) in [7, 11) is 12.1. The number of methoxy groups -OCH3 is 3. The molecular weight excluding hydrogens is 679 g/mol. The van der Waals surface area contributed by atoms with Gasteiger partial charge in [-0.1, -0.05) is 56.0 Å². The van der Waals surface area contributed by atoms with Gasteiger partial charge < -0.3 is 28.9 Å². The minimum Gasteiger partial charge on any atom is -0.497 e. The third-order valence-electron chi connectivity index (χ3n) is 11.3. The Hall–Kier alpha value is -5.05. The Morgan fingerprint density at radius 1 is 0.556 bits per heavy atom. The predicted molar refractivity (Wildman–Crippen MR) is 215 cm³/mol.